The van der Waals surface area contributed by atoms with Crippen LogP contribution in [-0.2, 0) is 0 Å². The monoisotopic (exact) mass is 271 g/mol. The molecule has 0 aliphatic heterocycles. The molecular weight excluding hydrogens is 250 g/mol. The minimum absolute atomic E-state index is 0.435. The van der Waals surface area contributed by atoms with Crippen LogP contribution in [0.4, 0.5) is 5.82 Å². The first-order chi connectivity index (χ1) is 9.83. The third-order valence-electron chi connectivity index (χ3n) is 4.27. The van der Waals surface area contributed by atoms with Gasteiger partial charge in [0.1, 0.15) is 11.6 Å². The van der Waals surface area contributed by atoms with Crippen molar-refractivity contribution in [1.29, 1.82) is 0 Å². The first-order valence-electron chi connectivity index (χ1n) is 7.22. The number of aromatic nitrogens is 1. The van der Waals surface area contributed by atoms with Crippen molar-refractivity contribution >= 4 is 16.6 Å². The van der Waals surface area contributed by atoms with Crippen LogP contribution in [0.15, 0.2) is 30.5 Å². The highest BCUT2D eigenvalue weighted by Crippen LogP contribution is 2.32. The van der Waals surface area contributed by atoms with Crippen molar-refractivity contribution in [2.75, 3.05) is 19.0 Å². The summed E-state index contributed by atoms with van der Waals surface area (Å²) in [6, 6.07) is 8.49. The van der Waals surface area contributed by atoms with Gasteiger partial charge in [0.15, 0.2) is 0 Å². The van der Waals surface area contributed by atoms with Gasteiger partial charge in [0, 0.05) is 23.0 Å². The Morgan fingerprint density at radius 2 is 2.20 bits per heavy atom. The molecule has 0 spiro atoms. The van der Waals surface area contributed by atoms with Crippen LogP contribution in [0, 0.1) is 5.92 Å². The SMILES string of the molecule is COc1cccc2c(NC3CCCC3CN)nccc12. The van der Waals surface area contributed by atoms with Gasteiger partial charge < -0.3 is 15.8 Å². The van der Waals surface area contributed by atoms with Gasteiger partial charge in [0.25, 0.3) is 0 Å². The Labute approximate surface area is 119 Å². The second kappa shape index (κ2) is 5.67. The maximum absolute atomic E-state index is 5.86. The molecule has 4 heteroatoms. The lowest BCUT2D eigenvalue weighted by Gasteiger charge is -2.21. The van der Waals surface area contributed by atoms with E-state index in [1.165, 1.54) is 19.3 Å². The Hall–Kier alpha value is -1.81. The van der Waals surface area contributed by atoms with Crippen molar-refractivity contribution in [3.63, 3.8) is 0 Å². The van der Waals surface area contributed by atoms with Crippen molar-refractivity contribution in [3.8, 4) is 5.75 Å². The van der Waals surface area contributed by atoms with Crippen LogP contribution in [0.25, 0.3) is 10.8 Å². The van der Waals surface area contributed by atoms with Crippen molar-refractivity contribution in [1.82, 2.24) is 4.98 Å². The molecule has 106 valence electrons. The van der Waals surface area contributed by atoms with Crippen LogP contribution in [0.2, 0.25) is 0 Å². The molecule has 0 radical (unpaired) electrons. The van der Waals surface area contributed by atoms with Gasteiger partial charge in [-0.05, 0) is 37.4 Å². The van der Waals surface area contributed by atoms with Crippen molar-refractivity contribution in [3.05, 3.63) is 30.5 Å². The molecule has 0 amide bonds. The molecule has 1 fully saturated rings. The van der Waals surface area contributed by atoms with Gasteiger partial charge in [0.2, 0.25) is 0 Å². The molecule has 1 aliphatic rings. The molecule has 2 aromatic rings. The molecule has 1 heterocycles. The third-order valence-corrected chi connectivity index (χ3v) is 4.27. The van der Waals surface area contributed by atoms with Crippen LogP contribution in [0.3, 0.4) is 0 Å². The Morgan fingerprint density at radius 3 is 3.00 bits per heavy atom. The molecule has 2 unspecified atom stereocenters. The van der Waals surface area contributed by atoms with E-state index < -0.39 is 0 Å². The van der Waals surface area contributed by atoms with Crippen LogP contribution < -0.4 is 15.8 Å². The highest BCUT2D eigenvalue weighted by Gasteiger charge is 2.26. The summed E-state index contributed by atoms with van der Waals surface area (Å²) >= 11 is 0. The summed E-state index contributed by atoms with van der Waals surface area (Å²) in [5, 5.41) is 5.79. The number of anilines is 1. The Bertz CT molecular complexity index is 599. The number of benzene rings is 1. The lowest BCUT2D eigenvalue weighted by Crippen LogP contribution is -2.29. The van der Waals surface area contributed by atoms with E-state index in [9.17, 15) is 0 Å². The molecule has 1 aliphatic carbocycles. The normalized spacial score (nSPS) is 22.1. The molecule has 1 saturated carbocycles. The fraction of sp³-hybridized carbons (Fsp3) is 0.438. The zero-order valence-electron chi connectivity index (χ0n) is 11.8. The fourth-order valence-electron chi connectivity index (χ4n) is 3.16. The number of methoxy groups -OCH3 is 1. The number of nitrogens with two attached hydrogens (primary N) is 1. The average Bonchev–Trinajstić information content (AvgIpc) is 2.94. The van der Waals surface area contributed by atoms with Crippen LogP contribution >= 0.6 is 0 Å². The van der Waals surface area contributed by atoms with Gasteiger partial charge in [-0.15, -0.1) is 0 Å². The Kier molecular flexibility index (Phi) is 3.74. The molecule has 1 aromatic carbocycles. The summed E-state index contributed by atoms with van der Waals surface area (Å²) in [4.78, 5) is 4.51. The van der Waals surface area contributed by atoms with Gasteiger partial charge in [-0.25, -0.2) is 4.98 Å². The van der Waals surface area contributed by atoms with E-state index in [4.69, 9.17) is 10.5 Å². The summed E-state index contributed by atoms with van der Waals surface area (Å²) in [5.41, 5.74) is 5.86. The molecule has 3 rings (SSSR count). The van der Waals surface area contributed by atoms with Gasteiger partial charge in [0.05, 0.1) is 7.11 Å². The predicted molar refractivity (Wildman–Crippen MR) is 82.1 cm³/mol. The van der Waals surface area contributed by atoms with Gasteiger partial charge in [-0.2, -0.15) is 0 Å². The summed E-state index contributed by atoms with van der Waals surface area (Å²) in [6.45, 7) is 0.742. The predicted octanol–water partition coefficient (Wildman–Crippen LogP) is 2.78. The molecular formula is C16H21N3O. The number of pyridine rings is 1. The summed E-state index contributed by atoms with van der Waals surface area (Å²) in [7, 11) is 1.70. The van der Waals surface area contributed by atoms with Crippen LogP contribution in [0.1, 0.15) is 19.3 Å². The van der Waals surface area contributed by atoms with E-state index in [2.05, 4.69) is 16.4 Å². The molecule has 3 N–H and O–H groups in total. The van der Waals surface area contributed by atoms with E-state index in [0.717, 1.165) is 28.9 Å². The number of rotatable bonds is 4. The third kappa shape index (κ3) is 2.31. The summed E-state index contributed by atoms with van der Waals surface area (Å²) in [6.07, 6.45) is 5.46. The maximum atomic E-state index is 5.86. The minimum Gasteiger partial charge on any atom is -0.496 e. The molecule has 1 aromatic heterocycles. The molecule has 20 heavy (non-hydrogen) atoms. The first-order valence-corrected chi connectivity index (χ1v) is 7.22. The second-order valence-electron chi connectivity index (χ2n) is 5.39. The van der Waals surface area contributed by atoms with Crippen molar-refractivity contribution in [2.24, 2.45) is 11.7 Å². The van der Waals surface area contributed by atoms with E-state index in [1.807, 2.05) is 24.4 Å². The zero-order valence-corrected chi connectivity index (χ0v) is 11.8. The number of fused-ring (bicyclic) bond motifs is 1. The smallest absolute Gasteiger partial charge is 0.134 e. The molecule has 4 nitrogen and oxygen atoms in total. The molecule has 0 saturated heterocycles. The van der Waals surface area contributed by atoms with Gasteiger partial charge in [-0.3, -0.25) is 0 Å². The molecule has 2 atom stereocenters. The second-order valence-corrected chi connectivity index (χ2v) is 5.39. The van der Waals surface area contributed by atoms with Crippen LogP contribution in [0.5, 0.6) is 5.75 Å². The fourth-order valence-corrected chi connectivity index (χ4v) is 3.16. The van der Waals surface area contributed by atoms with E-state index in [0.29, 0.717) is 12.0 Å². The van der Waals surface area contributed by atoms with E-state index in [1.54, 1.807) is 7.11 Å². The topological polar surface area (TPSA) is 60.2 Å². The zero-order chi connectivity index (χ0) is 13.9. The van der Waals surface area contributed by atoms with E-state index >= 15 is 0 Å². The number of ether oxygens (including phenoxy) is 1. The highest BCUT2D eigenvalue weighted by atomic mass is 16.5. The summed E-state index contributed by atoms with van der Waals surface area (Å²) in [5.74, 6) is 2.37. The number of nitrogens with one attached hydrogen (secondary N) is 1. The average molecular weight is 271 g/mol. The number of nitrogens with zero attached hydrogens (tertiary/aromatic N) is 1. The Morgan fingerprint density at radius 1 is 1.30 bits per heavy atom. The number of hydrogen-bond acceptors (Lipinski definition) is 4. The number of hydrogen-bond donors (Lipinski definition) is 2. The summed E-state index contributed by atoms with van der Waals surface area (Å²) < 4.78 is 5.42. The van der Waals surface area contributed by atoms with Crippen molar-refractivity contribution in [2.45, 2.75) is 25.3 Å². The Balaban J connectivity index is 1.95. The van der Waals surface area contributed by atoms with Crippen molar-refractivity contribution < 1.29 is 4.74 Å². The first kappa shape index (κ1) is 13.2. The maximum Gasteiger partial charge on any atom is 0.134 e. The highest BCUT2D eigenvalue weighted by molar-refractivity contribution is 5.95. The van der Waals surface area contributed by atoms with E-state index in [-0.39, 0.29) is 0 Å². The lowest BCUT2D eigenvalue weighted by molar-refractivity contribution is 0.420. The quantitative estimate of drug-likeness (QED) is 0.897. The lowest BCUT2D eigenvalue weighted by atomic mass is 10.0. The minimum atomic E-state index is 0.435. The van der Waals surface area contributed by atoms with Crippen LogP contribution in [-0.4, -0.2) is 24.7 Å². The van der Waals surface area contributed by atoms with Gasteiger partial charge >= 0.3 is 0 Å². The molecule has 0 bridgehead atoms. The van der Waals surface area contributed by atoms with Gasteiger partial charge in [-0.1, -0.05) is 18.6 Å². The standard InChI is InChI=1S/C16H21N3O/c1-20-15-7-3-5-13-12(15)8-9-18-16(13)19-14-6-2-4-11(14)10-17/h3,5,7-9,11,14H,2,4,6,10,17H2,1H3,(H,18,19). The largest absolute Gasteiger partial charge is 0.496 e.